The lowest BCUT2D eigenvalue weighted by molar-refractivity contribution is 0.102. The van der Waals surface area contributed by atoms with Gasteiger partial charge in [-0.2, -0.15) is 5.10 Å². The van der Waals surface area contributed by atoms with Crippen molar-refractivity contribution in [3.63, 3.8) is 0 Å². The van der Waals surface area contributed by atoms with Gasteiger partial charge in [-0.1, -0.05) is 13.8 Å². The van der Waals surface area contributed by atoms with Crippen LogP contribution in [0, 0.1) is 5.82 Å². The Hall–Kier alpha value is -2.24. The average molecular weight is 248 g/mol. The summed E-state index contributed by atoms with van der Waals surface area (Å²) in [7, 11) is 0. The first kappa shape index (κ1) is 12.2. The van der Waals surface area contributed by atoms with Crippen LogP contribution in [0.5, 0.6) is 0 Å². The quantitative estimate of drug-likeness (QED) is 0.875. The Morgan fingerprint density at radius 1 is 1.44 bits per heavy atom. The number of H-pyrrole nitrogens is 1. The van der Waals surface area contributed by atoms with E-state index in [-0.39, 0.29) is 5.69 Å². The monoisotopic (exact) mass is 248 g/mol. The second-order valence-electron chi connectivity index (χ2n) is 4.18. The second kappa shape index (κ2) is 4.95. The lowest BCUT2D eigenvalue weighted by Gasteiger charge is -2.00. The highest BCUT2D eigenvalue weighted by molar-refractivity contribution is 6.02. The molecule has 0 saturated carbocycles. The van der Waals surface area contributed by atoms with Crippen molar-refractivity contribution in [3.8, 4) is 0 Å². The van der Waals surface area contributed by atoms with E-state index in [1.807, 2.05) is 13.8 Å². The van der Waals surface area contributed by atoms with Gasteiger partial charge in [0.2, 0.25) is 0 Å². The summed E-state index contributed by atoms with van der Waals surface area (Å²) in [4.78, 5) is 15.4. The van der Waals surface area contributed by atoms with Gasteiger partial charge >= 0.3 is 0 Å². The molecule has 0 fully saturated rings. The lowest BCUT2D eigenvalue weighted by Crippen LogP contribution is -2.13. The molecule has 2 rings (SSSR count). The van der Waals surface area contributed by atoms with Crippen LogP contribution in [-0.2, 0) is 0 Å². The van der Waals surface area contributed by atoms with E-state index in [9.17, 15) is 9.18 Å². The predicted molar refractivity (Wildman–Crippen MR) is 64.8 cm³/mol. The molecule has 94 valence electrons. The molecule has 2 heterocycles. The number of anilines is 1. The molecule has 0 saturated heterocycles. The standard InChI is InChI=1S/C12H13FN4O/c1-7(2)10-5-11(17-16-10)15-12(18)9-4-3-8(13)6-14-9/h3-7H,1-2H3,(H2,15,16,17,18). The maximum Gasteiger partial charge on any atom is 0.275 e. The van der Waals surface area contributed by atoms with E-state index in [4.69, 9.17) is 0 Å². The number of hydrogen-bond donors (Lipinski definition) is 2. The molecule has 0 bridgehead atoms. The maximum atomic E-state index is 12.7. The normalized spacial score (nSPS) is 10.7. The van der Waals surface area contributed by atoms with Crippen LogP contribution in [0.15, 0.2) is 24.4 Å². The van der Waals surface area contributed by atoms with Gasteiger partial charge in [0.15, 0.2) is 5.82 Å². The van der Waals surface area contributed by atoms with E-state index < -0.39 is 11.7 Å². The van der Waals surface area contributed by atoms with Crippen LogP contribution < -0.4 is 5.32 Å². The topological polar surface area (TPSA) is 70.7 Å². The Labute approximate surface area is 103 Å². The molecule has 6 heteroatoms. The zero-order valence-electron chi connectivity index (χ0n) is 10.1. The second-order valence-corrected chi connectivity index (χ2v) is 4.18. The number of aromatic amines is 1. The first-order valence-corrected chi connectivity index (χ1v) is 5.54. The van der Waals surface area contributed by atoms with Crippen molar-refractivity contribution >= 4 is 11.7 Å². The Morgan fingerprint density at radius 3 is 2.78 bits per heavy atom. The van der Waals surface area contributed by atoms with Crippen molar-refractivity contribution in [2.24, 2.45) is 0 Å². The van der Waals surface area contributed by atoms with Gasteiger partial charge in [0, 0.05) is 11.8 Å². The van der Waals surface area contributed by atoms with Crippen molar-refractivity contribution in [1.82, 2.24) is 15.2 Å². The molecule has 1 amide bonds. The van der Waals surface area contributed by atoms with Gasteiger partial charge in [0.1, 0.15) is 11.5 Å². The smallest absolute Gasteiger partial charge is 0.275 e. The number of carbonyl (C=O) groups is 1. The molecule has 0 aliphatic carbocycles. The number of amides is 1. The van der Waals surface area contributed by atoms with Gasteiger partial charge in [-0.15, -0.1) is 0 Å². The molecular formula is C12H13FN4O. The molecule has 2 N–H and O–H groups in total. The predicted octanol–water partition coefficient (Wildman–Crippen LogP) is 2.32. The van der Waals surface area contributed by atoms with Crippen molar-refractivity contribution in [1.29, 1.82) is 0 Å². The fourth-order valence-corrected chi connectivity index (χ4v) is 1.39. The number of halogens is 1. The summed E-state index contributed by atoms with van der Waals surface area (Å²) in [5.41, 5.74) is 1.07. The van der Waals surface area contributed by atoms with E-state index in [1.54, 1.807) is 6.07 Å². The third-order valence-corrected chi connectivity index (χ3v) is 2.42. The van der Waals surface area contributed by atoms with E-state index >= 15 is 0 Å². The highest BCUT2D eigenvalue weighted by atomic mass is 19.1. The molecule has 5 nitrogen and oxygen atoms in total. The molecule has 0 spiro atoms. The van der Waals surface area contributed by atoms with Gasteiger partial charge in [0.05, 0.1) is 6.20 Å². The third kappa shape index (κ3) is 2.71. The molecule has 2 aromatic heterocycles. The molecule has 0 aromatic carbocycles. The summed E-state index contributed by atoms with van der Waals surface area (Å²) in [5, 5.41) is 9.37. The van der Waals surface area contributed by atoms with Crippen LogP contribution in [0.2, 0.25) is 0 Å². The first-order chi connectivity index (χ1) is 8.56. The SMILES string of the molecule is CC(C)c1cc(NC(=O)c2ccc(F)cn2)n[nH]1. The third-order valence-electron chi connectivity index (χ3n) is 2.42. The van der Waals surface area contributed by atoms with Gasteiger partial charge in [0.25, 0.3) is 5.91 Å². The van der Waals surface area contributed by atoms with Crippen LogP contribution in [-0.4, -0.2) is 21.1 Å². The number of rotatable bonds is 3. The van der Waals surface area contributed by atoms with Crippen LogP contribution in [0.4, 0.5) is 10.2 Å². The van der Waals surface area contributed by atoms with E-state index in [1.165, 1.54) is 12.1 Å². The van der Waals surface area contributed by atoms with Crippen LogP contribution >= 0.6 is 0 Å². The minimum Gasteiger partial charge on any atom is -0.304 e. The Balaban J connectivity index is 2.08. The fraction of sp³-hybridized carbons (Fsp3) is 0.250. The summed E-state index contributed by atoms with van der Waals surface area (Å²) in [6, 6.07) is 4.26. The number of aromatic nitrogens is 3. The zero-order valence-corrected chi connectivity index (χ0v) is 10.1. The Kier molecular flexibility index (Phi) is 3.36. The minimum atomic E-state index is -0.478. The first-order valence-electron chi connectivity index (χ1n) is 5.54. The van der Waals surface area contributed by atoms with E-state index in [0.29, 0.717) is 11.7 Å². The van der Waals surface area contributed by atoms with E-state index in [2.05, 4.69) is 20.5 Å². The lowest BCUT2D eigenvalue weighted by atomic mass is 10.1. The highest BCUT2D eigenvalue weighted by Crippen LogP contribution is 2.15. The van der Waals surface area contributed by atoms with Gasteiger partial charge < -0.3 is 5.32 Å². The Bertz CT molecular complexity index is 547. The molecule has 0 aliphatic heterocycles. The van der Waals surface area contributed by atoms with E-state index in [0.717, 1.165) is 11.9 Å². The van der Waals surface area contributed by atoms with Crippen molar-refractivity contribution < 1.29 is 9.18 Å². The van der Waals surface area contributed by atoms with Gasteiger partial charge in [-0.25, -0.2) is 9.37 Å². The summed E-state index contributed by atoms with van der Waals surface area (Å²) in [6.07, 6.45) is 0.999. The molecular weight excluding hydrogens is 235 g/mol. The number of hydrogen-bond acceptors (Lipinski definition) is 3. The van der Waals surface area contributed by atoms with Crippen LogP contribution in [0.25, 0.3) is 0 Å². The maximum absolute atomic E-state index is 12.7. The van der Waals surface area contributed by atoms with Crippen molar-refractivity contribution in [2.45, 2.75) is 19.8 Å². The molecule has 0 atom stereocenters. The van der Waals surface area contributed by atoms with Gasteiger partial charge in [-0.3, -0.25) is 9.89 Å². The summed E-state index contributed by atoms with van der Waals surface area (Å²) in [5.74, 6) is -0.174. The zero-order chi connectivity index (χ0) is 13.1. The number of pyridine rings is 1. The molecule has 0 aliphatic rings. The van der Waals surface area contributed by atoms with Crippen molar-refractivity contribution in [2.75, 3.05) is 5.32 Å². The fourth-order valence-electron chi connectivity index (χ4n) is 1.39. The summed E-state index contributed by atoms with van der Waals surface area (Å²) >= 11 is 0. The summed E-state index contributed by atoms with van der Waals surface area (Å²) < 4.78 is 12.7. The number of nitrogens with one attached hydrogen (secondary N) is 2. The van der Waals surface area contributed by atoms with Crippen LogP contribution in [0.3, 0.4) is 0 Å². The molecule has 2 aromatic rings. The summed E-state index contributed by atoms with van der Waals surface area (Å²) in [6.45, 7) is 4.03. The molecule has 0 unspecified atom stereocenters. The molecule has 18 heavy (non-hydrogen) atoms. The van der Waals surface area contributed by atoms with Crippen LogP contribution in [0.1, 0.15) is 35.9 Å². The largest absolute Gasteiger partial charge is 0.304 e. The molecule has 0 radical (unpaired) electrons. The minimum absolute atomic E-state index is 0.144. The Morgan fingerprint density at radius 2 is 2.22 bits per heavy atom. The number of nitrogens with zero attached hydrogens (tertiary/aromatic N) is 2. The van der Waals surface area contributed by atoms with Gasteiger partial charge in [-0.05, 0) is 18.1 Å². The number of carbonyl (C=O) groups excluding carboxylic acids is 1. The highest BCUT2D eigenvalue weighted by Gasteiger charge is 2.10. The van der Waals surface area contributed by atoms with Crippen molar-refractivity contribution in [3.05, 3.63) is 41.6 Å². The average Bonchev–Trinajstić information content (AvgIpc) is 2.78.